The van der Waals surface area contributed by atoms with Gasteiger partial charge in [0.15, 0.2) is 5.78 Å². The summed E-state index contributed by atoms with van der Waals surface area (Å²) in [5.74, 6) is 0.453. The topological polar surface area (TPSA) is 96.2 Å². The number of ether oxygens (including phenoxy) is 2. The lowest BCUT2D eigenvalue weighted by Crippen LogP contribution is -2.36. The molecule has 0 saturated heterocycles. The van der Waals surface area contributed by atoms with E-state index >= 15 is 0 Å². The van der Waals surface area contributed by atoms with Crippen LogP contribution in [0.25, 0.3) is 6.08 Å². The van der Waals surface area contributed by atoms with Crippen LogP contribution in [0.15, 0.2) is 42.0 Å². The van der Waals surface area contributed by atoms with E-state index in [2.05, 4.69) is 0 Å². The number of rotatable bonds is 4. The lowest BCUT2D eigenvalue weighted by molar-refractivity contribution is 0.0617. The number of aromatic hydroxyl groups is 2. The fourth-order valence-electron chi connectivity index (χ4n) is 3.86. The number of hydrogen-bond donors (Lipinski definition) is 3. The molecule has 0 aromatic heterocycles. The average molecular weight is 422 g/mol. The zero-order chi connectivity index (χ0) is 22.3. The highest BCUT2D eigenvalue weighted by molar-refractivity contribution is 6.05. The Morgan fingerprint density at radius 2 is 1.90 bits per heavy atom. The lowest BCUT2D eigenvalue weighted by Gasteiger charge is -2.35. The Balaban J connectivity index is 1.89. The molecule has 2 aliphatic rings. The number of hydrogen-bond acceptors (Lipinski definition) is 6. The number of ketones is 1. The Kier molecular flexibility index (Phi) is 5.27. The van der Waals surface area contributed by atoms with E-state index in [0.29, 0.717) is 29.0 Å². The molecule has 31 heavy (non-hydrogen) atoms. The van der Waals surface area contributed by atoms with Crippen molar-refractivity contribution in [3.05, 3.63) is 64.2 Å². The zero-order valence-corrected chi connectivity index (χ0v) is 17.8. The van der Waals surface area contributed by atoms with E-state index in [4.69, 9.17) is 9.47 Å². The largest absolute Gasteiger partial charge is 0.508 e. The van der Waals surface area contributed by atoms with Gasteiger partial charge in [0.25, 0.3) is 0 Å². The van der Waals surface area contributed by atoms with Crippen molar-refractivity contribution in [1.29, 1.82) is 0 Å². The van der Waals surface area contributed by atoms with Gasteiger partial charge >= 0.3 is 0 Å². The number of aliphatic hydroxyl groups excluding tert-OH is 1. The molecule has 0 amide bonds. The van der Waals surface area contributed by atoms with E-state index < -0.39 is 11.7 Å². The number of fused-ring (bicyclic) bond motifs is 2. The van der Waals surface area contributed by atoms with Gasteiger partial charge in [0, 0.05) is 5.56 Å². The number of phenols is 2. The fourth-order valence-corrected chi connectivity index (χ4v) is 3.86. The Morgan fingerprint density at radius 3 is 2.55 bits per heavy atom. The van der Waals surface area contributed by atoms with Gasteiger partial charge in [-0.1, -0.05) is 23.8 Å². The monoisotopic (exact) mass is 422 g/mol. The molecule has 6 nitrogen and oxygen atoms in total. The second kappa shape index (κ2) is 7.78. The molecular formula is C25H26O6. The van der Waals surface area contributed by atoms with Crippen LogP contribution in [0.2, 0.25) is 0 Å². The fraction of sp³-hybridized carbons (Fsp3) is 0.320. The molecule has 0 spiro atoms. The summed E-state index contributed by atoms with van der Waals surface area (Å²) >= 11 is 0. The number of Topliss-reactive ketones (excluding diaryl/α,β-unsaturated/α-hetero) is 1. The molecule has 2 aromatic carbocycles. The van der Waals surface area contributed by atoms with E-state index in [9.17, 15) is 20.1 Å². The second-order valence-corrected chi connectivity index (χ2v) is 8.49. The van der Waals surface area contributed by atoms with Gasteiger partial charge in [0.2, 0.25) is 0 Å². The summed E-state index contributed by atoms with van der Waals surface area (Å²) in [6.07, 6.45) is 5.34. The van der Waals surface area contributed by atoms with Crippen LogP contribution in [0.3, 0.4) is 0 Å². The van der Waals surface area contributed by atoms with Gasteiger partial charge in [0.05, 0.1) is 18.6 Å². The highest BCUT2D eigenvalue weighted by Crippen LogP contribution is 2.51. The molecule has 6 heteroatoms. The molecule has 0 saturated carbocycles. The van der Waals surface area contributed by atoms with E-state index in [-0.39, 0.29) is 35.9 Å². The van der Waals surface area contributed by atoms with Gasteiger partial charge in [0.1, 0.15) is 40.3 Å². The van der Waals surface area contributed by atoms with Crippen molar-refractivity contribution in [1.82, 2.24) is 0 Å². The molecule has 2 heterocycles. The molecule has 4 rings (SSSR count). The molecule has 2 unspecified atom stereocenters. The third-order valence-electron chi connectivity index (χ3n) is 5.65. The summed E-state index contributed by atoms with van der Waals surface area (Å²) in [6, 6.07) is 6.53. The van der Waals surface area contributed by atoms with Crippen LogP contribution < -0.4 is 9.47 Å². The smallest absolute Gasteiger partial charge is 0.174 e. The zero-order valence-electron chi connectivity index (χ0n) is 17.8. The maximum atomic E-state index is 13.1. The van der Waals surface area contributed by atoms with Crippen molar-refractivity contribution in [2.24, 2.45) is 0 Å². The van der Waals surface area contributed by atoms with Gasteiger partial charge in [-0.25, -0.2) is 0 Å². The first-order valence-corrected chi connectivity index (χ1v) is 10.3. The summed E-state index contributed by atoms with van der Waals surface area (Å²) in [6.45, 7) is 5.46. The molecule has 2 aromatic rings. The molecule has 0 aliphatic carbocycles. The number of benzene rings is 2. The third kappa shape index (κ3) is 3.79. The normalized spacial score (nSPS) is 21.5. The van der Waals surface area contributed by atoms with Crippen molar-refractivity contribution >= 4 is 11.9 Å². The first-order valence-electron chi connectivity index (χ1n) is 10.3. The minimum absolute atomic E-state index is 0.0745. The Labute approximate surface area is 181 Å². The van der Waals surface area contributed by atoms with E-state index in [1.807, 2.05) is 19.9 Å². The van der Waals surface area contributed by atoms with Crippen molar-refractivity contribution in [2.75, 3.05) is 6.61 Å². The summed E-state index contributed by atoms with van der Waals surface area (Å²) in [4.78, 5) is 13.1. The summed E-state index contributed by atoms with van der Waals surface area (Å²) in [7, 11) is 0. The highest BCUT2D eigenvalue weighted by Gasteiger charge is 2.38. The van der Waals surface area contributed by atoms with Gasteiger partial charge in [-0.15, -0.1) is 0 Å². The number of phenolic OH excluding ortho intramolecular Hbond substituents is 2. The maximum absolute atomic E-state index is 13.1. The first-order chi connectivity index (χ1) is 14.7. The quantitative estimate of drug-likeness (QED) is 0.629. The van der Waals surface area contributed by atoms with Gasteiger partial charge in [-0.2, -0.15) is 0 Å². The average Bonchev–Trinajstić information content (AvgIpc) is 2.73. The lowest BCUT2D eigenvalue weighted by atomic mass is 9.88. The predicted molar refractivity (Wildman–Crippen MR) is 117 cm³/mol. The Bertz CT molecular complexity index is 1090. The maximum Gasteiger partial charge on any atom is 0.174 e. The second-order valence-electron chi connectivity index (χ2n) is 8.49. The summed E-state index contributed by atoms with van der Waals surface area (Å²) in [5, 5.41) is 30.3. The summed E-state index contributed by atoms with van der Waals surface area (Å²) in [5.41, 5.74) is 2.13. The number of carbonyl (C=O) groups is 1. The SMILES string of the molecule is CC(C)=CCc1c2c(c(O)c3c1OC(c1ccc(O)cc1)CC3=O)C=CC(C)(CO)O2. The first kappa shape index (κ1) is 21.0. The molecule has 0 bridgehead atoms. The third-order valence-corrected chi connectivity index (χ3v) is 5.65. The van der Waals surface area contributed by atoms with E-state index in [1.54, 1.807) is 43.3 Å². The van der Waals surface area contributed by atoms with Crippen molar-refractivity contribution in [3.63, 3.8) is 0 Å². The Morgan fingerprint density at radius 1 is 1.19 bits per heavy atom. The van der Waals surface area contributed by atoms with Crippen LogP contribution in [0.4, 0.5) is 0 Å². The van der Waals surface area contributed by atoms with Crippen LogP contribution in [-0.2, 0) is 6.42 Å². The van der Waals surface area contributed by atoms with Crippen molar-refractivity contribution in [3.8, 4) is 23.0 Å². The molecule has 3 N–H and O–H groups in total. The van der Waals surface area contributed by atoms with Crippen LogP contribution in [0, 0.1) is 0 Å². The standard InChI is InChI=1S/C25H26O6/c1-14(2)4-9-18-23-17(10-11-25(3,13-26)31-23)22(29)21-19(28)12-20(30-24(18)21)15-5-7-16(27)8-6-15/h4-8,10-11,20,26-27,29H,9,12-13H2,1-3H3. The van der Waals surface area contributed by atoms with Crippen molar-refractivity contribution in [2.45, 2.75) is 45.3 Å². The van der Waals surface area contributed by atoms with E-state index in [0.717, 1.165) is 11.1 Å². The molecule has 0 fully saturated rings. The van der Waals surface area contributed by atoms with Crippen LogP contribution in [0.5, 0.6) is 23.0 Å². The predicted octanol–water partition coefficient (Wildman–Crippen LogP) is 4.47. The number of carbonyl (C=O) groups excluding carboxylic acids is 1. The minimum atomic E-state index is -0.942. The summed E-state index contributed by atoms with van der Waals surface area (Å²) < 4.78 is 12.4. The number of aliphatic hydroxyl groups is 1. The molecule has 2 aliphatic heterocycles. The molecule has 2 atom stereocenters. The Hall–Kier alpha value is -3.25. The molecule has 0 radical (unpaired) electrons. The molecule has 162 valence electrons. The van der Waals surface area contributed by atoms with Crippen LogP contribution in [-0.4, -0.2) is 33.3 Å². The number of allylic oxidation sites excluding steroid dienone is 2. The van der Waals surface area contributed by atoms with Crippen LogP contribution in [0.1, 0.15) is 60.3 Å². The molecular weight excluding hydrogens is 396 g/mol. The van der Waals surface area contributed by atoms with Gasteiger partial charge in [-0.05, 0) is 57.0 Å². The van der Waals surface area contributed by atoms with Crippen LogP contribution >= 0.6 is 0 Å². The van der Waals surface area contributed by atoms with E-state index in [1.165, 1.54) is 0 Å². The highest BCUT2D eigenvalue weighted by atomic mass is 16.5. The van der Waals surface area contributed by atoms with Gasteiger partial charge < -0.3 is 24.8 Å². The van der Waals surface area contributed by atoms with Crippen molar-refractivity contribution < 1.29 is 29.6 Å². The van der Waals surface area contributed by atoms with Gasteiger partial charge in [-0.3, -0.25) is 4.79 Å². The minimum Gasteiger partial charge on any atom is -0.508 e.